The summed E-state index contributed by atoms with van der Waals surface area (Å²) in [6.45, 7) is 3.95. The zero-order chi connectivity index (χ0) is 18.0. The van der Waals surface area contributed by atoms with Gasteiger partial charge in [-0.05, 0) is 24.6 Å². The first-order valence-corrected chi connectivity index (χ1v) is 9.36. The minimum Gasteiger partial charge on any atom is -0.446 e. The van der Waals surface area contributed by atoms with Crippen LogP contribution in [0, 0.1) is 13.8 Å². The number of oxazole rings is 1. The van der Waals surface area contributed by atoms with Crippen LogP contribution < -0.4 is 0 Å². The van der Waals surface area contributed by atoms with Crippen molar-refractivity contribution in [1.82, 2.24) is 9.29 Å². The molecule has 0 saturated carbocycles. The highest BCUT2D eigenvalue weighted by Gasteiger charge is 2.21. The third-order valence-electron chi connectivity index (χ3n) is 3.99. The maximum atomic E-state index is 12.7. The monoisotopic (exact) mass is 356 g/mol. The Hall–Kier alpha value is -2.44. The molecule has 5 nitrogen and oxygen atoms in total. The smallest absolute Gasteiger partial charge is 0.243 e. The third-order valence-corrected chi connectivity index (χ3v) is 5.81. The molecule has 1 heterocycles. The fraction of sp³-hybridized carbons (Fsp3) is 0.211. The summed E-state index contributed by atoms with van der Waals surface area (Å²) in [6.07, 6.45) is 0. The molecule has 0 aliphatic rings. The highest BCUT2D eigenvalue weighted by molar-refractivity contribution is 7.89. The second kappa shape index (κ2) is 6.82. The van der Waals surface area contributed by atoms with Gasteiger partial charge in [0.25, 0.3) is 0 Å². The molecule has 6 heteroatoms. The standard InChI is InChI=1S/C19H20N2O3S/c1-14-19(20-15(2)24-14)17-9-11-18(12-10-17)25(22,23)21(3)13-16-7-5-4-6-8-16/h4-12H,13H2,1-3H3. The first-order valence-electron chi connectivity index (χ1n) is 7.92. The van der Waals surface area contributed by atoms with Crippen molar-refractivity contribution in [2.45, 2.75) is 25.3 Å². The Balaban J connectivity index is 1.84. The van der Waals surface area contributed by atoms with E-state index in [2.05, 4.69) is 4.98 Å². The van der Waals surface area contributed by atoms with Crippen molar-refractivity contribution in [3.05, 3.63) is 71.8 Å². The maximum Gasteiger partial charge on any atom is 0.243 e. The number of benzene rings is 2. The Morgan fingerprint density at radius 3 is 2.20 bits per heavy atom. The van der Waals surface area contributed by atoms with Crippen LogP contribution in [0.5, 0.6) is 0 Å². The lowest BCUT2D eigenvalue weighted by molar-refractivity contribution is 0.467. The van der Waals surface area contributed by atoms with E-state index in [0.29, 0.717) is 18.2 Å². The predicted octanol–water partition coefficient (Wildman–Crippen LogP) is 3.78. The molecule has 0 aliphatic carbocycles. The number of aromatic nitrogens is 1. The van der Waals surface area contributed by atoms with Crippen LogP contribution in [0.4, 0.5) is 0 Å². The van der Waals surface area contributed by atoms with Crippen LogP contribution in [-0.2, 0) is 16.6 Å². The summed E-state index contributed by atoms with van der Waals surface area (Å²) in [5, 5.41) is 0. The molecule has 0 aliphatic heterocycles. The van der Waals surface area contributed by atoms with E-state index in [4.69, 9.17) is 4.42 Å². The first kappa shape index (κ1) is 17.4. The average Bonchev–Trinajstić information content (AvgIpc) is 2.94. The second-order valence-corrected chi connectivity index (χ2v) is 7.95. The van der Waals surface area contributed by atoms with E-state index in [1.807, 2.05) is 37.3 Å². The molecule has 2 aromatic carbocycles. The molecule has 0 saturated heterocycles. The summed E-state index contributed by atoms with van der Waals surface area (Å²) in [5.41, 5.74) is 2.51. The van der Waals surface area contributed by atoms with E-state index in [0.717, 1.165) is 16.8 Å². The molecule has 0 atom stereocenters. The van der Waals surface area contributed by atoms with Crippen LogP contribution in [-0.4, -0.2) is 24.8 Å². The van der Waals surface area contributed by atoms with Crippen molar-refractivity contribution in [3.8, 4) is 11.3 Å². The van der Waals surface area contributed by atoms with Crippen molar-refractivity contribution in [3.63, 3.8) is 0 Å². The van der Waals surface area contributed by atoms with Crippen LogP contribution in [0.15, 0.2) is 63.9 Å². The number of sulfonamides is 1. The van der Waals surface area contributed by atoms with E-state index >= 15 is 0 Å². The van der Waals surface area contributed by atoms with Crippen LogP contribution >= 0.6 is 0 Å². The Bertz CT molecular complexity index is 962. The van der Waals surface area contributed by atoms with Gasteiger partial charge in [0.05, 0.1) is 4.90 Å². The van der Waals surface area contributed by atoms with Gasteiger partial charge in [-0.15, -0.1) is 0 Å². The summed E-state index contributed by atoms with van der Waals surface area (Å²) >= 11 is 0. The quantitative estimate of drug-likeness (QED) is 0.698. The molecule has 25 heavy (non-hydrogen) atoms. The van der Waals surface area contributed by atoms with Crippen LogP contribution in [0.3, 0.4) is 0 Å². The molecule has 130 valence electrons. The molecule has 0 amide bonds. The van der Waals surface area contributed by atoms with Crippen molar-refractivity contribution in [2.75, 3.05) is 7.05 Å². The SMILES string of the molecule is Cc1nc(-c2ccc(S(=O)(=O)N(C)Cc3ccccc3)cc2)c(C)o1. The Morgan fingerprint density at radius 1 is 1.00 bits per heavy atom. The van der Waals surface area contributed by atoms with Gasteiger partial charge in [0.2, 0.25) is 10.0 Å². The lowest BCUT2D eigenvalue weighted by atomic mass is 10.1. The van der Waals surface area contributed by atoms with E-state index in [9.17, 15) is 8.42 Å². The van der Waals surface area contributed by atoms with E-state index in [1.165, 1.54) is 4.31 Å². The summed E-state index contributed by atoms with van der Waals surface area (Å²) in [6, 6.07) is 16.2. The lowest BCUT2D eigenvalue weighted by Gasteiger charge is -2.17. The largest absolute Gasteiger partial charge is 0.446 e. The summed E-state index contributed by atoms with van der Waals surface area (Å²) in [7, 11) is -1.97. The molecule has 0 spiro atoms. The predicted molar refractivity (Wildman–Crippen MR) is 96.5 cm³/mol. The first-order chi connectivity index (χ1) is 11.9. The van der Waals surface area contributed by atoms with Crippen molar-refractivity contribution < 1.29 is 12.8 Å². The zero-order valence-corrected chi connectivity index (χ0v) is 15.2. The molecular weight excluding hydrogens is 336 g/mol. The summed E-state index contributed by atoms with van der Waals surface area (Å²) < 4.78 is 32.3. The number of hydrogen-bond acceptors (Lipinski definition) is 4. The molecule has 0 radical (unpaired) electrons. The number of nitrogens with zero attached hydrogens (tertiary/aromatic N) is 2. The normalized spacial score (nSPS) is 11.8. The third kappa shape index (κ3) is 3.65. The van der Waals surface area contributed by atoms with Crippen molar-refractivity contribution in [2.24, 2.45) is 0 Å². The molecule has 0 fully saturated rings. The lowest BCUT2D eigenvalue weighted by Crippen LogP contribution is -2.26. The number of aryl methyl sites for hydroxylation is 2. The van der Waals surface area contributed by atoms with Crippen molar-refractivity contribution in [1.29, 1.82) is 0 Å². The number of hydrogen-bond donors (Lipinski definition) is 0. The number of rotatable bonds is 5. The molecule has 1 aromatic heterocycles. The second-order valence-electron chi connectivity index (χ2n) is 5.91. The zero-order valence-electron chi connectivity index (χ0n) is 14.4. The van der Waals surface area contributed by atoms with Gasteiger partial charge < -0.3 is 4.42 Å². The minimum atomic E-state index is -3.55. The molecule has 3 aromatic rings. The van der Waals surface area contributed by atoms with E-state index in [1.54, 1.807) is 38.2 Å². The summed E-state index contributed by atoms with van der Waals surface area (Å²) in [4.78, 5) is 4.59. The maximum absolute atomic E-state index is 12.7. The summed E-state index contributed by atoms with van der Waals surface area (Å²) in [5.74, 6) is 1.31. The molecular formula is C19H20N2O3S. The topological polar surface area (TPSA) is 63.4 Å². The molecule has 0 N–H and O–H groups in total. The van der Waals surface area contributed by atoms with Gasteiger partial charge in [-0.25, -0.2) is 13.4 Å². The van der Waals surface area contributed by atoms with Gasteiger partial charge in [0.1, 0.15) is 11.5 Å². The Labute approximate surface area is 148 Å². The molecule has 0 unspecified atom stereocenters. The van der Waals surface area contributed by atoms with Gasteiger partial charge in [-0.3, -0.25) is 0 Å². The fourth-order valence-electron chi connectivity index (χ4n) is 2.69. The highest BCUT2D eigenvalue weighted by atomic mass is 32.2. The van der Waals surface area contributed by atoms with Gasteiger partial charge >= 0.3 is 0 Å². The fourth-order valence-corrected chi connectivity index (χ4v) is 3.85. The van der Waals surface area contributed by atoms with Gasteiger partial charge in [0.15, 0.2) is 5.89 Å². The average molecular weight is 356 g/mol. The van der Waals surface area contributed by atoms with Gasteiger partial charge in [-0.2, -0.15) is 4.31 Å². The minimum absolute atomic E-state index is 0.257. The Kier molecular flexibility index (Phi) is 4.74. The van der Waals surface area contributed by atoms with E-state index < -0.39 is 10.0 Å². The van der Waals surface area contributed by atoms with E-state index in [-0.39, 0.29) is 4.90 Å². The van der Waals surface area contributed by atoms with Crippen LogP contribution in [0.1, 0.15) is 17.2 Å². The van der Waals surface area contributed by atoms with Crippen LogP contribution in [0.2, 0.25) is 0 Å². The van der Waals surface area contributed by atoms with Crippen molar-refractivity contribution >= 4 is 10.0 Å². The highest BCUT2D eigenvalue weighted by Crippen LogP contribution is 2.25. The van der Waals surface area contributed by atoms with Crippen LogP contribution in [0.25, 0.3) is 11.3 Å². The molecule has 3 rings (SSSR count). The molecule has 0 bridgehead atoms. The van der Waals surface area contributed by atoms with Gasteiger partial charge in [0, 0.05) is 26.1 Å². The Morgan fingerprint density at radius 2 is 1.64 bits per heavy atom. The van der Waals surface area contributed by atoms with Gasteiger partial charge in [-0.1, -0.05) is 42.5 Å².